The number of carbonyl (C=O) groups excluding carboxylic acids is 2. The van der Waals surface area contributed by atoms with Crippen LogP contribution in [-0.4, -0.2) is 49.3 Å². The summed E-state index contributed by atoms with van der Waals surface area (Å²) in [4.78, 5) is 35.9. The molecule has 0 fully saturated rings. The molecule has 1 aliphatic rings. The van der Waals surface area contributed by atoms with Crippen LogP contribution in [0, 0.1) is 15.9 Å². The van der Waals surface area contributed by atoms with Gasteiger partial charge in [-0.2, -0.15) is 4.31 Å². The molecule has 210 valence electrons. The highest BCUT2D eigenvalue weighted by Gasteiger charge is 2.38. The highest BCUT2D eigenvalue weighted by molar-refractivity contribution is 7.89. The number of anilines is 1. The van der Waals surface area contributed by atoms with E-state index in [0.29, 0.717) is 18.6 Å². The summed E-state index contributed by atoms with van der Waals surface area (Å²) in [6, 6.07) is 14.5. The highest BCUT2D eigenvalue weighted by Crippen LogP contribution is 2.36. The number of esters is 1. The number of ether oxygens (including phenoxy) is 2. The molecule has 1 aliphatic heterocycles. The van der Waals surface area contributed by atoms with Crippen LogP contribution in [0.2, 0.25) is 0 Å². The Morgan fingerprint density at radius 1 is 1.12 bits per heavy atom. The summed E-state index contributed by atoms with van der Waals surface area (Å²) in [6.45, 7) is 1.35. The van der Waals surface area contributed by atoms with Gasteiger partial charge in [0.25, 0.3) is 11.6 Å². The zero-order valence-electron chi connectivity index (χ0n) is 21.4. The molecule has 1 heterocycles. The van der Waals surface area contributed by atoms with Crippen molar-refractivity contribution in [3.63, 3.8) is 0 Å². The molecular weight excluding hydrogens is 545 g/mol. The summed E-state index contributed by atoms with van der Waals surface area (Å²) in [7, 11) is -4.10. The summed E-state index contributed by atoms with van der Waals surface area (Å²) in [5.41, 5.74) is 0.982. The predicted molar refractivity (Wildman–Crippen MR) is 142 cm³/mol. The van der Waals surface area contributed by atoms with Gasteiger partial charge in [-0.1, -0.05) is 24.3 Å². The number of benzene rings is 3. The number of fused-ring (bicyclic) bond motifs is 1. The Morgan fingerprint density at radius 3 is 2.55 bits per heavy atom. The van der Waals surface area contributed by atoms with Gasteiger partial charge in [-0.3, -0.25) is 19.7 Å². The molecule has 1 atom stereocenters. The molecule has 0 saturated heterocycles. The van der Waals surface area contributed by atoms with Crippen molar-refractivity contribution >= 4 is 33.3 Å². The highest BCUT2D eigenvalue weighted by atomic mass is 32.2. The molecular formula is C27H26FN3O8S. The van der Waals surface area contributed by atoms with Gasteiger partial charge in [0, 0.05) is 6.54 Å². The first-order valence-corrected chi connectivity index (χ1v) is 13.8. The Bertz CT molecular complexity index is 1530. The second-order valence-electron chi connectivity index (χ2n) is 8.82. The molecule has 1 amide bonds. The maximum absolute atomic E-state index is 13.4. The van der Waals surface area contributed by atoms with Gasteiger partial charge in [0.15, 0.2) is 6.61 Å². The van der Waals surface area contributed by atoms with E-state index in [2.05, 4.69) is 5.32 Å². The molecule has 4 rings (SSSR count). The van der Waals surface area contributed by atoms with Gasteiger partial charge in [0.2, 0.25) is 10.0 Å². The van der Waals surface area contributed by atoms with Gasteiger partial charge < -0.3 is 14.8 Å². The number of nitrogens with zero attached hydrogens (tertiary/aromatic N) is 2. The van der Waals surface area contributed by atoms with Crippen molar-refractivity contribution < 1.29 is 36.8 Å². The summed E-state index contributed by atoms with van der Waals surface area (Å²) < 4.78 is 51.9. The van der Waals surface area contributed by atoms with Crippen molar-refractivity contribution in [2.24, 2.45) is 0 Å². The topological polar surface area (TPSA) is 145 Å². The zero-order valence-corrected chi connectivity index (χ0v) is 22.2. The molecule has 0 spiro atoms. The number of carbonyl (C=O) groups is 2. The minimum atomic E-state index is -4.10. The lowest BCUT2D eigenvalue weighted by atomic mass is 9.92. The lowest BCUT2D eigenvalue weighted by Gasteiger charge is -2.36. The lowest BCUT2D eigenvalue weighted by molar-refractivity contribution is -0.384. The third-order valence-corrected chi connectivity index (χ3v) is 8.18. The van der Waals surface area contributed by atoms with Crippen molar-refractivity contribution in [3.05, 3.63) is 93.8 Å². The molecule has 13 heteroatoms. The normalized spacial score (nSPS) is 15.1. The van der Waals surface area contributed by atoms with Crippen molar-refractivity contribution in [1.29, 1.82) is 0 Å². The molecule has 3 aromatic rings. The Labute approximate surface area is 229 Å². The van der Waals surface area contributed by atoms with Gasteiger partial charge in [0.05, 0.1) is 35.0 Å². The molecule has 0 aromatic heterocycles. The van der Waals surface area contributed by atoms with Crippen LogP contribution in [0.5, 0.6) is 5.75 Å². The summed E-state index contributed by atoms with van der Waals surface area (Å²) >= 11 is 0. The average Bonchev–Trinajstić information content (AvgIpc) is 2.93. The average molecular weight is 572 g/mol. The SMILES string of the molecule is CCOc1ccc(NC(=O)COC(=O)CC2c3ccccc3CCN2S(=O)(=O)c2ccc(F)cc2)c([N+](=O)[O-])c1. The van der Waals surface area contributed by atoms with Crippen molar-refractivity contribution in [1.82, 2.24) is 4.31 Å². The Morgan fingerprint density at radius 2 is 1.85 bits per heavy atom. The van der Waals surface area contributed by atoms with E-state index in [1.807, 2.05) is 12.1 Å². The van der Waals surface area contributed by atoms with E-state index in [-0.39, 0.29) is 22.9 Å². The smallest absolute Gasteiger partial charge is 0.308 e. The number of nitro benzene ring substituents is 1. The molecule has 11 nitrogen and oxygen atoms in total. The monoisotopic (exact) mass is 571 g/mol. The minimum Gasteiger partial charge on any atom is -0.494 e. The second kappa shape index (κ2) is 12.2. The maximum Gasteiger partial charge on any atom is 0.308 e. The van der Waals surface area contributed by atoms with E-state index in [4.69, 9.17) is 9.47 Å². The van der Waals surface area contributed by atoms with Crippen LogP contribution in [0.15, 0.2) is 71.6 Å². The molecule has 3 aromatic carbocycles. The third kappa shape index (κ3) is 6.43. The van der Waals surface area contributed by atoms with E-state index >= 15 is 0 Å². The first-order valence-electron chi connectivity index (χ1n) is 12.3. The molecule has 40 heavy (non-hydrogen) atoms. The summed E-state index contributed by atoms with van der Waals surface area (Å²) in [5, 5.41) is 13.8. The fourth-order valence-corrected chi connectivity index (χ4v) is 6.05. The standard InChI is InChI=1S/C27H26FN3O8S/c1-2-38-20-9-12-23(25(15-20)31(34)35)29-26(32)17-39-27(33)16-24-22-6-4-3-5-18(22)13-14-30(24)40(36,37)21-10-7-19(28)8-11-21/h3-12,15,24H,2,13-14,16-17H2,1H3,(H,29,32). The number of nitrogens with one attached hydrogen (secondary N) is 1. The number of hydrogen-bond acceptors (Lipinski definition) is 8. The van der Waals surface area contributed by atoms with E-state index in [9.17, 15) is 32.5 Å². The fraction of sp³-hybridized carbons (Fsp3) is 0.259. The summed E-state index contributed by atoms with van der Waals surface area (Å²) in [5.74, 6) is -2.00. The Balaban J connectivity index is 1.48. The largest absolute Gasteiger partial charge is 0.494 e. The van der Waals surface area contributed by atoms with Crippen LogP contribution in [0.25, 0.3) is 0 Å². The van der Waals surface area contributed by atoms with Crippen LogP contribution >= 0.6 is 0 Å². The minimum absolute atomic E-state index is 0.0799. The number of amides is 1. The number of nitro groups is 1. The molecule has 0 bridgehead atoms. The zero-order chi connectivity index (χ0) is 28.9. The van der Waals surface area contributed by atoms with Gasteiger partial charge in [0.1, 0.15) is 17.3 Å². The van der Waals surface area contributed by atoms with Gasteiger partial charge in [-0.25, -0.2) is 12.8 Å². The van der Waals surface area contributed by atoms with E-state index in [1.54, 1.807) is 19.1 Å². The van der Waals surface area contributed by atoms with Crippen molar-refractivity contribution in [2.75, 3.05) is 25.1 Å². The quantitative estimate of drug-likeness (QED) is 0.218. The van der Waals surface area contributed by atoms with Crippen LogP contribution in [0.1, 0.15) is 30.5 Å². The number of hydrogen-bond donors (Lipinski definition) is 1. The van der Waals surface area contributed by atoms with Crippen LogP contribution < -0.4 is 10.1 Å². The third-order valence-electron chi connectivity index (χ3n) is 6.26. The molecule has 0 radical (unpaired) electrons. The number of rotatable bonds is 10. The van der Waals surface area contributed by atoms with E-state index in [0.717, 1.165) is 29.8 Å². The number of sulfonamides is 1. The van der Waals surface area contributed by atoms with Crippen LogP contribution in [-0.2, 0) is 30.8 Å². The first kappa shape index (κ1) is 28.6. The Hall–Kier alpha value is -4.36. The molecule has 0 saturated carbocycles. The van der Waals surface area contributed by atoms with Gasteiger partial charge in [-0.15, -0.1) is 0 Å². The summed E-state index contributed by atoms with van der Waals surface area (Å²) in [6.07, 6.45) is 0.0132. The molecule has 1 unspecified atom stereocenters. The van der Waals surface area contributed by atoms with Gasteiger partial charge >= 0.3 is 5.97 Å². The lowest BCUT2D eigenvalue weighted by Crippen LogP contribution is -2.41. The van der Waals surface area contributed by atoms with E-state index in [1.165, 1.54) is 22.5 Å². The predicted octanol–water partition coefficient (Wildman–Crippen LogP) is 3.99. The second-order valence-corrected chi connectivity index (χ2v) is 10.7. The van der Waals surface area contributed by atoms with Crippen LogP contribution in [0.4, 0.5) is 15.8 Å². The van der Waals surface area contributed by atoms with E-state index < -0.39 is 57.4 Å². The maximum atomic E-state index is 13.4. The van der Waals surface area contributed by atoms with Crippen LogP contribution in [0.3, 0.4) is 0 Å². The number of halogens is 1. The molecule has 1 N–H and O–H groups in total. The van der Waals surface area contributed by atoms with Crippen molar-refractivity contribution in [3.8, 4) is 5.75 Å². The van der Waals surface area contributed by atoms with Crippen molar-refractivity contribution in [2.45, 2.75) is 30.7 Å². The fourth-order valence-electron chi connectivity index (χ4n) is 4.44. The van der Waals surface area contributed by atoms with Gasteiger partial charge in [-0.05, 0) is 60.9 Å². The Kier molecular flexibility index (Phi) is 8.75. The first-order chi connectivity index (χ1) is 19.1. The molecule has 0 aliphatic carbocycles.